The highest BCUT2D eigenvalue weighted by molar-refractivity contribution is 5.94. The minimum Gasteiger partial charge on any atom is -0.481 e. The lowest BCUT2D eigenvalue weighted by atomic mass is 9.61. The second-order valence-corrected chi connectivity index (χ2v) is 8.11. The Hall–Kier alpha value is -3.10. The van der Waals surface area contributed by atoms with E-state index in [1.807, 2.05) is 0 Å². The molecule has 3 saturated carbocycles. The number of halogens is 3. The summed E-state index contributed by atoms with van der Waals surface area (Å²) < 4.78 is 42.2. The molecule has 3 aliphatic carbocycles. The molecule has 0 amide bonds. The third-order valence-corrected chi connectivity index (χ3v) is 6.50. The molecule has 0 aliphatic heterocycles. The predicted octanol–water partition coefficient (Wildman–Crippen LogP) is 4.34. The van der Waals surface area contributed by atoms with Crippen LogP contribution >= 0.6 is 0 Å². The summed E-state index contributed by atoms with van der Waals surface area (Å²) in [6, 6.07) is 1.50. The number of benzene rings is 1. The fourth-order valence-corrected chi connectivity index (χ4v) is 5.11. The first-order valence-electron chi connectivity index (χ1n) is 9.90. The molecule has 30 heavy (non-hydrogen) atoms. The number of nitrogens with zero attached hydrogens (tertiary/aromatic N) is 2. The number of aliphatic carboxylic acids is 1. The van der Waals surface area contributed by atoms with Gasteiger partial charge in [-0.3, -0.25) is 4.79 Å². The van der Waals surface area contributed by atoms with E-state index < -0.39 is 35.4 Å². The number of rotatable bonds is 4. The van der Waals surface area contributed by atoms with Crippen LogP contribution in [0.2, 0.25) is 0 Å². The highest BCUT2D eigenvalue weighted by Crippen LogP contribution is 2.46. The Balaban J connectivity index is 1.53. The lowest BCUT2D eigenvalue weighted by molar-refractivity contribution is -0.148. The fraction of sp³-hybridized carbons (Fsp3) is 0.381. The van der Waals surface area contributed by atoms with Crippen molar-refractivity contribution in [3.8, 4) is 11.4 Å². The molecule has 0 unspecified atom stereocenters. The zero-order valence-electron chi connectivity index (χ0n) is 15.8. The van der Waals surface area contributed by atoms with Crippen molar-refractivity contribution in [2.75, 3.05) is 5.32 Å². The quantitative estimate of drug-likeness (QED) is 0.589. The summed E-state index contributed by atoms with van der Waals surface area (Å²) in [7, 11) is 0. The molecule has 3 aliphatic rings. The van der Waals surface area contributed by atoms with Crippen LogP contribution in [0.1, 0.15) is 25.7 Å². The van der Waals surface area contributed by atoms with Gasteiger partial charge >= 0.3 is 5.97 Å². The van der Waals surface area contributed by atoms with Crippen LogP contribution < -0.4 is 5.32 Å². The van der Waals surface area contributed by atoms with E-state index >= 15 is 0 Å². The second-order valence-electron chi connectivity index (χ2n) is 8.11. The van der Waals surface area contributed by atoms with E-state index in [1.54, 1.807) is 0 Å². The molecule has 2 aromatic heterocycles. The Morgan fingerprint density at radius 3 is 2.57 bits per heavy atom. The standard InChI is InChI=1S/C21H19F3N4O2/c22-11-5-12-13(7-25-18(12)14(23)6-11)19-26-8-15(24)20(28-19)27-17-10-3-1-9(2-4-10)16(17)21(29)30/h5-10,16-17,25H,1-4H2,(H,29,30)(H,26,27,28)/t9?,10?,16-,17-/m0/s1. The fourth-order valence-electron chi connectivity index (χ4n) is 5.11. The molecule has 2 atom stereocenters. The normalized spacial score (nSPS) is 25.6. The largest absolute Gasteiger partial charge is 0.481 e. The number of hydrogen-bond donors (Lipinski definition) is 3. The molecule has 3 N–H and O–H groups in total. The van der Waals surface area contributed by atoms with Crippen molar-refractivity contribution < 1.29 is 23.1 Å². The Bertz CT molecular complexity index is 1140. The molecule has 0 radical (unpaired) electrons. The molecule has 3 aromatic rings. The third kappa shape index (κ3) is 3.00. The molecule has 0 spiro atoms. The van der Waals surface area contributed by atoms with Gasteiger partial charge in [0.25, 0.3) is 0 Å². The average molecular weight is 416 g/mol. The van der Waals surface area contributed by atoms with Crippen molar-refractivity contribution in [1.29, 1.82) is 0 Å². The lowest BCUT2D eigenvalue weighted by Crippen LogP contribution is -2.51. The summed E-state index contributed by atoms with van der Waals surface area (Å²) >= 11 is 0. The molecule has 1 aromatic carbocycles. The molecule has 0 saturated heterocycles. The first-order valence-corrected chi connectivity index (χ1v) is 9.90. The smallest absolute Gasteiger partial charge is 0.308 e. The van der Waals surface area contributed by atoms with Crippen LogP contribution in [0.3, 0.4) is 0 Å². The maximum absolute atomic E-state index is 14.5. The summed E-state index contributed by atoms with van der Waals surface area (Å²) in [5.41, 5.74) is 0.427. The lowest BCUT2D eigenvalue weighted by Gasteiger charge is -2.47. The van der Waals surface area contributed by atoms with Crippen molar-refractivity contribution in [2.45, 2.75) is 31.7 Å². The van der Waals surface area contributed by atoms with Gasteiger partial charge in [-0.15, -0.1) is 0 Å². The molecule has 2 heterocycles. The Morgan fingerprint density at radius 1 is 1.10 bits per heavy atom. The number of nitrogens with one attached hydrogen (secondary N) is 2. The van der Waals surface area contributed by atoms with E-state index in [2.05, 4.69) is 20.3 Å². The van der Waals surface area contributed by atoms with Gasteiger partial charge in [0.1, 0.15) is 11.6 Å². The SMILES string of the molecule is O=C(O)[C@H]1C2CCC(CC2)[C@@H]1Nc1nc(-c2c[nH]c3c(F)cc(F)cc23)ncc1F. The first kappa shape index (κ1) is 18.9. The van der Waals surface area contributed by atoms with E-state index in [9.17, 15) is 23.1 Å². The Kier molecular flexibility index (Phi) is 4.41. The van der Waals surface area contributed by atoms with E-state index in [0.717, 1.165) is 44.0 Å². The zero-order valence-corrected chi connectivity index (χ0v) is 15.8. The van der Waals surface area contributed by atoms with Gasteiger partial charge in [-0.05, 0) is 43.6 Å². The highest BCUT2D eigenvalue weighted by atomic mass is 19.1. The number of carbonyl (C=O) groups is 1. The Labute approximate surface area is 169 Å². The zero-order chi connectivity index (χ0) is 21.0. The molecule has 156 valence electrons. The third-order valence-electron chi connectivity index (χ3n) is 6.50. The van der Waals surface area contributed by atoms with Crippen LogP contribution in [-0.4, -0.2) is 32.1 Å². The highest BCUT2D eigenvalue weighted by Gasteiger charge is 2.47. The van der Waals surface area contributed by atoms with Gasteiger partial charge in [-0.25, -0.2) is 23.1 Å². The van der Waals surface area contributed by atoms with Crippen LogP contribution in [-0.2, 0) is 4.79 Å². The van der Waals surface area contributed by atoms with Crippen molar-refractivity contribution in [3.63, 3.8) is 0 Å². The van der Waals surface area contributed by atoms with E-state index in [4.69, 9.17) is 0 Å². The van der Waals surface area contributed by atoms with Gasteiger partial charge in [-0.1, -0.05) is 0 Å². The van der Waals surface area contributed by atoms with Crippen molar-refractivity contribution in [2.24, 2.45) is 17.8 Å². The number of aromatic nitrogens is 3. The monoisotopic (exact) mass is 416 g/mol. The first-order chi connectivity index (χ1) is 14.4. The molecule has 6 rings (SSSR count). The maximum atomic E-state index is 14.5. The van der Waals surface area contributed by atoms with Gasteiger partial charge in [0, 0.05) is 29.3 Å². The van der Waals surface area contributed by atoms with Crippen molar-refractivity contribution >= 4 is 22.7 Å². The summed E-state index contributed by atoms with van der Waals surface area (Å²) in [5, 5.41) is 13.0. The number of carboxylic acid groups (broad SMARTS) is 1. The van der Waals surface area contributed by atoms with Crippen LogP contribution in [0.4, 0.5) is 19.0 Å². The molecular weight excluding hydrogens is 397 g/mol. The van der Waals surface area contributed by atoms with E-state index in [1.165, 1.54) is 6.20 Å². The average Bonchev–Trinajstić information content (AvgIpc) is 3.14. The molecule has 3 fully saturated rings. The minimum atomic E-state index is -0.890. The molecule has 6 nitrogen and oxygen atoms in total. The van der Waals surface area contributed by atoms with Gasteiger partial charge in [0.2, 0.25) is 0 Å². The van der Waals surface area contributed by atoms with Crippen LogP contribution in [0.25, 0.3) is 22.3 Å². The number of aromatic amines is 1. The van der Waals surface area contributed by atoms with Gasteiger partial charge in [0.05, 0.1) is 17.6 Å². The van der Waals surface area contributed by atoms with Crippen LogP contribution in [0, 0.1) is 35.2 Å². The molecular formula is C21H19F3N4O2. The van der Waals surface area contributed by atoms with E-state index in [0.29, 0.717) is 5.56 Å². The number of hydrogen-bond acceptors (Lipinski definition) is 4. The summed E-state index contributed by atoms with van der Waals surface area (Å²) in [6.45, 7) is 0. The van der Waals surface area contributed by atoms with Crippen molar-refractivity contribution in [3.05, 3.63) is 42.0 Å². The summed E-state index contributed by atoms with van der Waals surface area (Å²) in [4.78, 5) is 22.8. The summed E-state index contributed by atoms with van der Waals surface area (Å²) in [6.07, 6.45) is 5.94. The predicted molar refractivity (Wildman–Crippen MR) is 103 cm³/mol. The summed E-state index contributed by atoms with van der Waals surface area (Å²) in [5.74, 6) is -3.52. The second kappa shape index (κ2) is 7.00. The van der Waals surface area contributed by atoms with Crippen LogP contribution in [0.5, 0.6) is 0 Å². The van der Waals surface area contributed by atoms with Crippen LogP contribution in [0.15, 0.2) is 24.5 Å². The number of anilines is 1. The topological polar surface area (TPSA) is 90.9 Å². The van der Waals surface area contributed by atoms with Crippen molar-refractivity contribution in [1.82, 2.24) is 15.0 Å². The van der Waals surface area contributed by atoms with Gasteiger partial charge in [0.15, 0.2) is 17.5 Å². The van der Waals surface area contributed by atoms with E-state index in [-0.39, 0.29) is 34.4 Å². The molecule has 2 bridgehead atoms. The number of H-pyrrole nitrogens is 1. The molecule has 9 heteroatoms. The Morgan fingerprint density at radius 2 is 1.83 bits per heavy atom. The minimum absolute atomic E-state index is 0.0638. The number of fused-ring (bicyclic) bond motifs is 4. The maximum Gasteiger partial charge on any atom is 0.308 e. The van der Waals surface area contributed by atoms with Gasteiger partial charge < -0.3 is 15.4 Å². The number of carboxylic acids is 1. The van der Waals surface area contributed by atoms with Gasteiger partial charge in [-0.2, -0.15) is 0 Å².